The summed E-state index contributed by atoms with van der Waals surface area (Å²) in [4.78, 5) is 33.0. The molecule has 6 nitrogen and oxygen atoms in total. The van der Waals surface area contributed by atoms with Crippen molar-refractivity contribution in [2.24, 2.45) is 5.73 Å². The number of thiophene rings is 1. The molecule has 3 aromatic rings. The van der Waals surface area contributed by atoms with E-state index in [4.69, 9.17) is 5.73 Å². The minimum absolute atomic E-state index is 0.289. The maximum Gasteiger partial charge on any atom is 0.270 e. The van der Waals surface area contributed by atoms with Crippen molar-refractivity contribution in [3.63, 3.8) is 0 Å². The van der Waals surface area contributed by atoms with Crippen LogP contribution >= 0.6 is 11.3 Å². The largest absolute Gasteiger partial charge is 0.365 e. The van der Waals surface area contributed by atoms with E-state index in [2.05, 4.69) is 15.3 Å². The zero-order valence-corrected chi connectivity index (χ0v) is 12.5. The standard InChI is InChI=1S/C15H12N4O2S/c1-17-15(21)13-9(11-2-3-12(22-11)14(16)20)6-8-7-18-5-4-10(8)19-13/h2-7H,1H3,(H2,16,20)(H,17,21). The first-order valence-corrected chi connectivity index (χ1v) is 7.28. The van der Waals surface area contributed by atoms with Crippen molar-refractivity contribution < 1.29 is 9.59 Å². The van der Waals surface area contributed by atoms with E-state index in [1.165, 1.54) is 11.3 Å². The van der Waals surface area contributed by atoms with E-state index in [0.717, 1.165) is 10.3 Å². The third-order valence-corrected chi connectivity index (χ3v) is 4.30. The highest BCUT2D eigenvalue weighted by molar-refractivity contribution is 7.17. The summed E-state index contributed by atoms with van der Waals surface area (Å²) < 4.78 is 0. The van der Waals surface area contributed by atoms with Gasteiger partial charge in [0.1, 0.15) is 5.69 Å². The second-order valence-electron chi connectivity index (χ2n) is 4.56. The molecule has 22 heavy (non-hydrogen) atoms. The van der Waals surface area contributed by atoms with Crippen molar-refractivity contribution in [1.29, 1.82) is 0 Å². The molecule has 0 unspecified atom stereocenters. The van der Waals surface area contributed by atoms with Gasteiger partial charge in [0, 0.05) is 35.3 Å². The number of aromatic nitrogens is 2. The Morgan fingerprint density at radius 3 is 2.77 bits per heavy atom. The molecule has 0 spiro atoms. The van der Waals surface area contributed by atoms with Crippen LogP contribution in [0.25, 0.3) is 21.3 Å². The number of amides is 2. The number of primary amides is 1. The van der Waals surface area contributed by atoms with E-state index >= 15 is 0 Å². The fourth-order valence-corrected chi connectivity index (χ4v) is 2.99. The minimum atomic E-state index is -0.492. The Kier molecular flexibility index (Phi) is 3.56. The average molecular weight is 312 g/mol. The highest BCUT2D eigenvalue weighted by atomic mass is 32.1. The zero-order chi connectivity index (χ0) is 15.7. The van der Waals surface area contributed by atoms with Crippen LogP contribution in [0.2, 0.25) is 0 Å². The number of hydrogen-bond acceptors (Lipinski definition) is 5. The Bertz CT molecular complexity index is 888. The van der Waals surface area contributed by atoms with Gasteiger partial charge in [-0.25, -0.2) is 4.98 Å². The van der Waals surface area contributed by atoms with Crippen LogP contribution in [0.5, 0.6) is 0 Å². The lowest BCUT2D eigenvalue weighted by molar-refractivity contribution is 0.0958. The molecular formula is C15H12N4O2S. The number of pyridine rings is 2. The molecule has 0 saturated carbocycles. The first-order chi connectivity index (χ1) is 10.6. The number of carbonyl (C=O) groups is 2. The van der Waals surface area contributed by atoms with Crippen molar-refractivity contribution in [2.75, 3.05) is 7.05 Å². The monoisotopic (exact) mass is 312 g/mol. The normalized spacial score (nSPS) is 10.6. The fraction of sp³-hybridized carbons (Fsp3) is 0.0667. The molecule has 0 aliphatic heterocycles. The molecule has 3 aromatic heterocycles. The number of nitrogens with one attached hydrogen (secondary N) is 1. The van der Waals surface area contributed by atoms with E-state index in [0.29, 0.717) is 21.7 Å². The number of carbonyl (C=O) groups excluding carboxylic acids is 2. The Morgan fingerprint density at radius 2 is 2.09 bits per heavy atom. The molecule has 0 atom stereocenters. The highest BCUT2D eigenvalue weighted by Gasteiger charge is 2.17. The molecule has 0 saturated heterocycles. The molecule has 3 rings (SSSR count). The molecule has 0 aliphatic carbocycles. The Balaban J connectivity index is 2.24. The quantitative estimate of drug-likeness (QED) is 0.770. The lowest BCUT2D eigenvalue weighted by atomic mass is 10.1. The second-order valence-corrected chi connectivity index (χ2v) is 5.64. The topological polar surface area (TPSA) is 98.0 Å². The predicted octanol–water partition coefficient (Wildman–Crippen LogP) is 1.82. The molecule has 2 amide bonds. The van der Waals surface area contributed by atoms with Crippen molar-refractivity contribution >= 4 is 34.1 Å². The van der Waals surface area contributed by atoms with E-state index < -0.39 is 5.91 Å². The first kappa shape index (κ1) is 14.2. The smallest absolute Gasteiger partial charge is 0.270 e. The Morgan fingerprint density at radius 1 is 1.27 bits per heavy atom. The van der Waals surface area contributed by atoms with Gasteiger partial charge in [-0.1, -0.05) is 0 Å². The molecule has 0 aromatic carbocycles. The summed E-state index contributed by atoms with van der Waals surface area (Å²) in [7, 11) is 1.55. The summed E-state index contributed by atoms with van der Waals surface area (Å²) >= 11 is 1.23. The molecule has 3 heterocycles. The van der Waals surface area contributed by atoms with Crippen LogP contribution in [0.1, 0.15) is 20.2 Å². The number of rotatable bonds is 3. The van der Waals surface area contributed by atoms with Gasteiger partial charge in [-0.15, -0.1) is 11.3 Å². The van der Waals surface area contributed by atoms with E-state index in [9.17, 15) is 9.59 Å². The summed E-state index contributed by atoms with van der Waals surface area (Å²) in [5.74, 6) is -0.782. The van der Waals surface area contributed by atoms with Crippen molar-refractivity contribution in [3.05, 3.63) is 47.2 Å². The van der Waals surface area contributed by atoms with Gasteiger partial charge in [0.05, 0.1) is 10.4 Å². The third-order valence-electron chi connectivity index (χ3n) is 3.17. The van der Waals surface area contributed by atoms with Crippen LogP contribution in [0.4, 0.5) is 0 Å². The van der Waals surface area contributed by atoms with E-state index in [-0.39, 0.29) is 5.91 Å². The van der Waals surface area contributed by atoms with Crippen LogP contribution in [-0.2, 0) is 0 Å². The molecule has 0 aliphatic rings. The molecule has 0 fully saturated rings. The molecule has 0 radical (unpaired) electrons. The second kappa shape index (κ2) is 5.53. The predicted molar refractivity (Wildman–Crippen MR) is 84.8 cm³/mol. The summed E-state index contributed by atoms with van der Waals surface area (Å²) in [5, 5.41) is 3.40. The first-order valence-electron chi connectivity index (χ1n) is 6.47. The SMILES string of the molecule is CNC(=O)c1nc2ccncc2cc1-c1ccc(C(N)=O)s1. The number of nitrogens with zero attached hydrogens (tertiary/aromatic N) is 2. The molecule has 110 valence electrons. The van der Waals surface area contributed by atoms with Gasteiger partial charge in [0.25, 0.3) is 11.8 Å². The molecule has 7 heteroatoms. The van der Waals surface area contributed by atoms with Crippen molar-refractivity contribution in [3.8, 4) is 10.4 Å². The van der Waals surface area contributed by atoms with Crippen molar-refractivity contribution in [2.45, 2.75) is 0 Å². The van der Waals surface area contributed by atoms with E-state index in [1.807, 2.05) is 6.07 Å². The molecular weight excluding hydrogens is 300 g/mol. The van der Waals surface area contributed by atoms with Crippen molar-refractivity contribution in [1.82, 2.24) is 15.3 Å². The fourth-order valence-electron chi connectivity index (χ4n) is 2.11. The van der Waals surface area contributed by atoms with Crippen LogP contribution in [-0.4, -0.2) is 28.8 Å². The molecule has 0 bridgehead atoms. The van der Waals surface area contributed by atoms with Gasteiger partial charge in [0.2, 0.25) is 0 Å². The lowest BCUT2D eigenvalue weighted by Crippen LogP contribution is -2.20. The maximum atomic E-state index is 12.1. The van der Waals surface area contributed by atoms with Crippen LogP contribution in [0, 0.1) is 0 Å². The highest BCUT2D eigenvalue weighted by Crippen LogP contribution is 2.32. The Labute approximate surface area is 130 Å². The number of nitrogens with two attached hydrogens (primary N) is 1. The van der Waals surface area contributed by atoms with Crippen LogP contribution < -0.4 is 11.1 Å². The lowest BCUT2D eigenvalue weighted by Gasteiger charge is -2.08. The Hall–Kier alpha value is -2.80. The number of hydrogen-bond donors (Lipinski definition) is 2. The zero-order valence-electron chi connectivity index (χ0n) is 11.7. The number of fused-ring (bicyclic) bond motifs is 1. The van der Waals surface area contributed by atoms with Crippen LogP contribution in [0.3, 0.4) is 0 Å². The van der Waals surface area contributed by atoms with Gasteiger partial charge in [0.15, 0.2) is 0 Å². The van der Waals surface area contributed by atoms with E-state index in [1.54, 1.807) is 37.6 Å². The average Bonchev–Trinajstić information content (AvgIpc) is 3.03. The van der Waals surface area contributed by atoms with Gasteiger partial charge in [-0.05, 0) is 24.3 Å². The van der Waals surface area contributed by atoms with Gasteiger partial charge in [-0.3, -0.25) is 14.6 Å². The summed E-state index contributed by atoms with van der Waals surface area (Å²) in [5.41, 5.74) is 6.93. The maximum absolute atomic E-state index is 12.1. The summed E-state index contributed by atoms with van der Waals surface area (Å²) in [6.07, 6.45) is 3.31. The van der Waals surface area contributed by atoms with Gasteiger partial charge < -0.3 is 11.1 Å². The summed E-state index contributed by atoms with van der Waals surface area (Å²) in [6, 6.07) is 6.99. The van der Waals surface area contributed by atoms with Gasteiger partial charge >= 0.3 is 0 Å². The minimum Gasteiger partial charge on any atom is -0.365 e. The van der Waals surface area contributed by atoms with Gasteiger partial charge in [-0.2, -0.15) is 0 Å². The third kappa shape index (κ3) is 2.42. The molecule has 3 N–H and O–H groups in total. The van der Waals surface area contributed by atoms with Crippen LogP contribution in [0.15, 0.2) is 36.7 Å². The summed E-state index contributed by atoms with van der Waals surface area (Å²) in [6.45, 7) is 0.